The minimum atomic E-state index is -0.584. The monoisotopic (exact) mass is 689 g/mol. The number of urea groups is 1. The van der Waals surface area contributed by atoms with Crippen molar-refractivity contribution in [3.05, 3.63) is 125 Å². The second kappa shape index (κ2) is 15.7. The Balaban J connectivity index is 1.08. The summed E-state index contributed by atoms with van der Waals surface area (Å²) in [5, 5.41) is 18.4. The van der Waals surface area contributed by atoms with Crippen LogP contribution in [-0.2, 0) is 27.4 Å². The highest BCUT2D eigenvalue weighted by Crippen LogP contribution is 2.41. The number of nitrogens with zero attached hydrogens (tertiary/aromatic N) is 2. The third kappa shape index (κ3) is 7.79. The van der Waals surface area contributed by atoms with Crippen molar-refractivity contribution >= 4 is 17.6 Å². The van der Waals surface area contributed by atoms with Crippen molar-refractivity contribution in [3.63, 3.8) is 0 Å². The highest BCUT2D eigenvalue weighted by Gasteiger charge is 2.50. The fourth-order valence-corrected chi connectivity index (χ4v) is 7.59. The molecule has 0 bridgehead atoms. The van der Waals surface area contributed by atoms with E-state index in [1.807, 2.05) is 73.7 Å². The van der Waals surface area contributed by atoms with Gasteiger partial charge in [0.1, 0.15) is 5.54 Å². The molecule has 7 rings (SSSR count). The van der Waals surface area contributed by atoms with Gasteiger partial charge >= 0.3 is 6.03 Å². The van der Waals surface area contributed by atoms with Gasteiger partial charge in [-0.25, -0.2) is 4.79 Å². The van der Waals surface area contributed by atoms with Crippen molar-refractivity contribution in [3.8, 4) is 11.1 Å². The molecule has 4 aromatic rings. The van der Waals surface area contributed by atoms with Crippen LogP contribution in [0, 0.1) is 0 Å². The van der Waals surface area contributed by atoms with Gasteiger partial charge in [-0.05, 0) is 71.8 Å². The number of carbonyl (C=O) groups excluding carboxylic acids is 2. The Bertz CT molecular complexity index is 1790. The van der Waals surface area contributed by atoms with E-state index in [-0.39, 0.29) is 30.8 Å². The van der Waals surface area contributed by atoms with Gasteiger partial charge in [-0.15, -0.1) is 0 Å². The smallest absolute Gasteiger partial charge is 0.315 e. The molecule has 10 nitrogen and oxygen atoms in total. The van der Waals surface area contributed by atoms with Gasteiger partial charge in [0.25, 0.3) is 0 Å². The Morgan fingerprint density at radius 2 is 1.61 bits per heavy atom. The van der Waals surface area contributed by atoms with Crippen molar-refractivity contribution in [2.45, 2.75) is 63.4 Å². The van der Waals surface area contributed by atoms with Gasteiger partial charge in [0, 0.05) is 50.4 Å². The van der Waals surface area contributed by atoms with E-state index < -0.39 is 11.8 Å². The van der Waals surface area contributed by atoms with Gasteiger partial charge in [0.15, 0.2) is 6.29 Å². The molecule has 266 valence electrons. The predicted octanol–water partition coefficient (Wildman–Crippen LogP) is 5.64. The highest BCUT2D eigenvalue weighted by molar-refractivity contribution is 5.93. The van der Waals surface area contributed by atoms with Gasteiger partial charge in [0.05, 0.1) is 25.5 Å². The normalized spacial score (nSPS) is 21.7. The summed E-state index contributed by atoms with van der Waals surface area (Å²) in [6.45, 7) is 5.73. The molecule has 3 atom stereocenters. The maximum atomic E-state index is 13.3. The molecule has 0 aliphatic carbocycles. The quantitative estimate of drug-likeness (QED) is 0.171. The Labute approximate surface area is 299 Å². The molecule has 0 saturated carbocycles. The first-order chi connectivity index (χ1) is 24.9. The summed E-state index contributed by atoms with van der Waals surface area (Å²) >= 11 is 0. The topological polar surface area (TPSA) is 115 Å². The average molecular weight is 690 g/mol. The van der Waals surface area contributed by atoms with Crippen LogP contribution >= 0.6 is 0 Å². The molecule has 3 fully saturated rings. The zero-order valence-corrected chi connectivity index (χ0v) is 29.1. The SMILES string of the molecule is CCNC(=O)NCc1cccc(-c2cccc([C@H]3O[C@@H](CN4CCC5(CC4)C(=O)NCN5c4ccccc4)C[C@@H](c4ccc(CO)cc4)O3)c2)c1. The van der Waals surface area contributed by atoms with Gasteiger partial charge in [0.2, 0.25) is 5.91 Å². The van der Waals surface area contributed by atoms with Gasteiger partial charge in [-0.1, -0.05) is 78.9 Å². The molecule has 3 aliphatic heterocycles. The maximum absolute atomic E-state index is 13.3. The summed E-state index contributed by atoms with van der Waals surface area (Å²) in [6, 6.07) is 34.4. The summed E-state index contributed by atoms with van der Waals surface area (Å²) in [6.07, 6.45) is 1.29. The molecule has 0 unspecified atom stereocenters. The van der Waals surface area contributed by atoms with Crippen LogP contribution in [0.4, 0.5) is 10.5 Å². The van der Waals surface area contributed by atoms with Gasteiger partial charge in [-0.3, -0.25) is 4.79 Å². The molecule has 4 aromatic carbocycles. The number of aliphatic hydroxyl groups is 1. The summed E-state index contributed by atoms with van der Waals surface area (Å²) in [5.41, 5.74) is 6.45. The molecular formula is C41H47N5O5. The van der Waals surface area contributed by atoms with Crippen LogP contribution in [0.5, 0.6) is 0 Å². The van der Waals surface area contributed by atoms with E-state index in [9.17, 15) is 14.7 Å². The van der Waals surface area contributed by atoms with E-state index in [0.29, 0.717) is 26.2 Å². The summed E-state index contributed by atoms with van der Waals surface area (Å²) < 4.78 is 13.4. The lowest BCUT2D eigenvalue weighted by Crippen LogP contribution is -2.57. The lowest BCUT2D eigenvalue weighted by molar-refractivity contribution is -0.253. The predicted molar refractivity (Wildman–Crippen MR) is 197 cm³/mol. The molecule has 0 radical (unpaired) electrons. The number of amides is 3. The Morgan fingerprint density at radius 1 is 0.863 bits per heavy atom. The number of anilines is 1. The average Bonchev–Trinajstić information content (AvgIpc) is 3.49. The van der Waals surface area contributed by atoms with Crippen molar-refractivity contribution in [2.75, 3.05) is 37.7 Å². The zero-order chi connectivity index (χ0) is 35.2. The standard InChI is InChI=1S/C41H47N5O5/c1-2-42-40(49)43-25-30-8-6-9-32(22-30)33-10-7-11-34(23-33)38-50-36(24-37(51-38)31-16-14-29(27-47)15-17-31)26-45-20-18-41(19-21-45)39(48)44-28-46(41)35-12-4-3-5-13-35/h3-17,22-23,36-38,47H,2,18-21,24-28H2,1H3,(H,44,48)(H2,42,43,49)/t36-,37+,38+/m1/s1. The first kappa shape index (κ1) is 34.7. The Morgan fingerprint density at radius 3 is 2.35 bits per heavy atom. The fraction of sp³-hybridized carbons (Fsp3) is 0.366. The largest absolute Gasteiger partial charge is 0.392 e. The first-order valence-corrected chi connectivity index (χ1v) is 18.0. The molecular weight excluding hydrogens is 642 g/mol. The van der Waals surface area contributed by atoms with Crippen molar-refractivity contribution < 1.29 is 24.2 Å². The minimum absolute atomic E-state index is 0.00761. The number of rotatable bonds is 10. The third-order valence-corrected chi connectivity index (χ3v) is 10.4. The number of carbonyl (C=O) groups is 2. The molecule has 4 N–H and O–H groups in total. The molecule has 3 heterocycles. The molecule has 3 amide bonds. The second-order valence-corrected chi connectivity index (χ2v) is 13.6. The Hall–Kier alpha value is -4.74. The molecule has 51 heavy (non-hydrogen) atoms. The fourth-order valence-electron chi connectivity index (χ4n) is 7.59. The molecule has 0 aromatic heterocycles. The maximum Gasteiger partial charge on any atom is 0.315 e. The lowest BCUT2D eigenvalue weighted by atomic mass is 9.85. The van der Waals surface area contributed by atoms with Crippen molar-refractivity contribution in [1.82, 2.24) is 20.9 Å². The minimum Gasteiger partial charge on any atom is -0.392 e. The highest BCUT2D eigenvalue weighted by atomic mass is 16.7. The van der Waals surface area contributed by atoms with E-state index in [0.717, 1.165) is 71.5 Å². The van der Waals surface area contributed by atoms with E-state index in [1.165, 1.54) is 0 Å². The molecule has 3 saturated heterocycles. The number of para-hydroxylation sites is 1. The Kier molecular flexibility index (Phi) is 10.6. The summed E-state index contributed by atoms with van der Waals surface area (Å²) in [7, 11) is 0. The van der Waals surface area contributed by atoms with Gasteiger partial charge < -0.3 is 40.3 Å². The summed E-state index contributed by atoms with van der Waals surface area (Å²) in [4.78, 5) is 29.9. The van der Waals surface area contributed by atoms with Crippen LogP contribution in [0.3, 0.4) is 0 Å². The number of benzene rings is 4. The van der Waals surface area contributed by atoms with E-state index in [2.05, 4.69) is 62.1 Å². The number of nitrogens with one attached hydrogen (secondary N) is 3. The number of hydrogen-bond donors (Lipinski definition) is 4. The van der Waals surface area contributed by atoms with Crippen LogP contribution in [0.25, 0.3) is 11.1 Å². The van der Waals surface area contributed by atoms with Crippen molar-refractivity contribution in [2.24, 2.45) is 0 Å². The van der Waals surface area contributed by atoms with Crippen LogP contribution in [0.15, 0.2) is 103 Å². The zero-order valence-electron chi connectivity index (χ0n) is 29.1. The first-order valence-electron chi connectivity index (χ1n) is 18.0. The second-order valence-electron chi connectivity index (χ2n) is 13.6. The van der Waals surface area contributed by atoms with Crippen LogP contribution in [0.1, 0.15) is 60.8 Å². The lowest BCUT2D eigenvalue weighted by Gasteiger charge is -2.45. The molecule has 3 aliphatic rings. The van der Waals surface area contributed by atoms with E-state index in [1.54, 1.807) is 0 Å². The number of likely N-dealkylation sites (tertiary alicyclic amines) is 1. The van der Waals surface area contributed by atoms with E-state index >= 15 is 0 Å². The van der Waals surface area contributed by atoms with Crippen molar-refractivity contribution in [1.29, 1.82) is 0 Å². The number of piperidine rings is 1. The van der Waals surface area contributed by atoms with E-state index in [4.69, 9.17) is 9.47 Å². The van der Waals surface area contributed by atoms with Crippen LogP contribution in [0.2, 0.25) is 0 Å². The number of hydrogen-bond acceptors (Lipinski definition) is 7. The molecule has 1 spiro atoms. The van der Waals surface area contributed by atoms with Crippen LogP contribution in [-0.4, -0.2) is 66.4 Å². The summed E-state index contributed by atoms with van der Waals surface area (Å²) in [5.74, 6) is 0.114. The number of ether oxygens (including phenoxy) is 2. The van der Waals surface area contributed by atoms with Gasteiger partial charge in [-0.2, -0.15) is 0 Å². The van der Waals surface area contributed by atoms with Crippen LogP contribution < -0.4 is 20.9 Å². The third-order valence-electron chi connectivity index (χ3n) is 10.4. The molecule has 10 heteroatoms. The number of aliphatic hydroxyl groups excluding tert-OH is 1.